The minimum atomic E-state index is -0.477. The van der Waals surface area contributed by atoms with Gasteiger partial charge < -0.3 is 15.4 Å². The Balaban J connectivity index is 1.71. The van der Waals surface area contributed by atoms with E-state index in [1.807, 2.05) is 30.3 Å². The lowest BCUT2D eigenvalue weighted by Gasteiger charge is -2.16. The number of hydrogen-bond donors (Lipinski definition) is 3. The van der Waals surface area contributed by atoms with Crippen LogP contribution >= 0.6 is 0 Å². The summed E-state index contributed by atoms with van der Waals surface area (Å²) in [4.78, 5) is 27.5. The zero-order valence-electron chi connectivity index (χ0n) is 13.5. The van der Waals surface area contributed by atoms with Gasteiger partial charge >= 0.3 is 0 Å². The Kier molecular flexibility index (Phi) is 5.06. The quantitative estimate of drug-likeness (QED) is 0.606. The fraction of sp³-hybridized carbons (Fsp3) is 0.100. The molecule has 0 aliphatic rings. The van der Waals surface area contributed by atoms with Crippen LogP contribution < -0.4 is 5.32 Å². The summed E-state index contributed by atoms with van der Waals surface area (Å²) in [6.07, 6.45) is 3.32. The van der Waals surface area contributed by atoms with Crippen LogP contribution in [0, 0.1) is 0 Å². The number of aliphatic hydroxyl groups is 1. The second-order valence-electron chi connectivity index (χ2n) is 5.63. The van der Waals surface area contributed by atoms with Crippen LogP contribution in [0.3, 0.4) is 0 Å². The zero-order valence-corrected chi connectivity index (χ0v) is 13.5. The molecule has 5 heteroatoms. The normalized spacial score (nSPS) is 11.7. The van der Waals surface area contributed by atoms with Crippen molar-refractivity contribution in [1.29, 1.82) is 0 Å². The molecule has 0 fully saturated rings. The van der Waals surface area contributed by atoms with Crippen LogP contribution in [0.1, 0.15) is 37.9 Å². The molecule has 3 rings (SSSR count). The largest absolute Gasteiger partial charge is 0.394 e. The smallest absolute Gasteiger partial charge is 0.251 e. The van der Waals surface area contributed by atoms with Crippen LogP contribution in [0.5, 0.6) is 0 Å². The first-order valence-electron chi connectivity index (χ1n) is 7.93. The van der Waals surface area contributed by atoms with Gasteiger partial charge in [-0.05, 0) is 23.8 Å². The first-order valence-corrected chi connectivity index (χ1v) is 7.93. The van der Waals surface area contributed by atoms with E-state index < -0.39 is 6.04 Å². The number of benzene rings is 2. The molecular weight excluding hydrogens is 316 g/mol. The fourth-order valence-electron chi connectivity index (χ4n) is 2.57. The molecule has 126 valence electrons. The summed E-state index contributed by atoms with van der Waals surface area (Å²) in [5, 5.41) is 12.3. The summed E-state index contributed by atoms with van der Waals surface area (Å²) < 4.78 is 0. The topological polar surface area (TPSA) is 82.2 Å². The number of aromatic nitrogens is 1. The number of ketones is 1. The Hall–Kier alpha value is -3.18. The maximum atomic E-state index is 12.4. The van der Waals surface area contributed by atoms with Crippen molar-refractivity contribution in [3.63, 3.8) is 0 Å². The highest BCUT2D eigenvalue weighted by Gasteiger charge is 2.15. The molecule has 0 bridgehead atoms. The molecule has 0 aliphatic carbocycles. The van der Waals surface area contributed by atoms with Gasteiger partial charge in [0.05, 0.1) is 12.6 Å². The van der Waals surface area contributed by atoms with Crippen molar-refractivity contribution in [2.24, 2.45) is 0 Å². The minimum Gasteiger partial charge on any atom is -0.394 e. The molecule has 3 N–H and O–H groups in total. The van der Waals surface area contributed by atoms with Gasteiger partial charge in [0.2, 0.25) is 0 Å². The van der Waals surface area contributed by atoms with Gasteiger partial charge in [0.15, 0.2) is 5.78 Å². The Bertz CT molecular complexity index is 840. The monoisotopic (exact) mass is 334 g/mol. The number of H-pyrrole nitrogens is 1. The molecule has 1 aromatic heterocycles. The van der Waals surface area contributed by atoms with Crippen molar-refractivity contribution in [3.8, 4) is 0 Å². The van der Waals surface area contributed by atoms with Gasteiger partial charge in [0.25, 0.3) is 5.91 Å². The highest BCUT2D eigenvalue weighted by molar-refractivity contribution is 6.09. The van der Waals surface area contributed by atoms with E-state index in [1.54, 1.807) is 42.7 Å². The molecule has 0 spiro atoms. The molecule has 3 aromatic rings. The fourth-order valence-corrected chi connectivity index (χ4v) is 2.57. The summed E-state index contributed by atoms with van der Waals surface area (Å²) >= 11 is 0. The van der Waals surface area contributed by atoms with E-state index in [4.69, 9.17) is 0 Å². The highest BCUT2D eigenvalue weighted by atomic mass is 16.3. The molecule has 0 aliphatic heterocycles. The van der Waals surface area contributed by atoms with E-state index in [2.05, 4.69) is 10.3 Å². The summed E-state index contributed by atoms with van der Waals surface area (Å²) in [5.41, 5.74) is 2.34. The predicted octanol–water partition coefficient (Wildman–Crippen LogP) is 2.71. The van der Waals surface area contributed by atoms with Crippen molar-refractivity contribution in [3.05, 3.63) is 95.3 Å². The predicted molar refractivity (Wildman–Crippen MR) is 94.4 cm³/mol. The van der Waals surface area contributed by atoms with E-state index in [-0.39, 0.29) is 18.3 Å². The van der Waals surface area contributed by atoms with Crippen molar-refractivity contribution in [2.75, 3.05) is 6.61 Å². The number of aromatic amines is 1. The maximum absolute atomic E-state index is 12.4. The van der Waals surface area contributed by atoms with Crippen molar-refractivity contribution >= 4 is 11.7 Å². The summed E-state index contributed by atoms with van der Waals surface area (Å²) in [5.74, 6) is -0.408. The van der Waals surface area contributed by atoms with Crippen molar-refractivity contribution in [2.45, 2.75) is 6.04 Å². The van der Waals surface area contributed by atoms with Gasteiger partial charge in [-0.25, -0.2) is 0 Å². The number of carbonyl (C=O) groups is 2. The third-order valence-corrected chi connectivity index (χ3v) is 3.96. The average Bonchev–Trinajstić information content (AvgIpc) is 3.21. The Morgan fingerprint density at radius 3 is 2.20 bits per heavy atom. The number of aliphatic hydroxyl groups excluding tert-OH is 1. The van der Waals surface area contributed by atoms with Gasteiger partial charge in [-0.2, -0.15) is 0 Å². The van der Waals surface area contributed by atoms with Crippen molar-refractivity contribution in [1.82, 2.24) is 10.3 Å². The lowest BCUT2D eigenvalue weighted by Crippen LogP contribution is -2.30. The molecule has 2 aromatic carbocycles. The Morgan fingerprint density at radius 1 is 0.920 bits per heavy atom. The minimum absolute atomic E-state index is 0.106. The third kappa shape index (κ3) is 3.84. The molecule has 25 heavy (non-hydrogen) atoms. The van der Waals surface area contributed by atoms with Crippen molar-refractivity contribution < 1.29 is 14.7 Å². The van der Waals surface area contributed by atoms with Crippen LogP contribution in [0.2, 0.25) is 0 Å². The van der Waals surface area contributed by atoms with Crippen LogP contribution in [0.25, 0.3) is 0 Å². The molecule has 0 saturated heterocycles. The van der Waals surface area contributed by atoms with E-state index >= 15 is 0 Å². The van der Waals surface area contributed by atoms with Gasteiger partial charge in [0.1, 0.15) is 0 Å². The molecule has 5 nitrogen and oxygen atoms in total. The summed E-state index contributed by atoms with van der Waals surface area (Å²) in [7, 11) is 0. The standard InChI is InChI=1S/C20H18N2O3/c23-13-18(14-4-2-1-3-5-14)22-20(25)16-8-6-15(7-9-16)19(24)17-10-11-21-12-17/h1-12,18,21,23H,13H2,(H,22,25)/t18-/m1/s1. The number of nitrogens with one attached hydrogen (secondary N) is 2. The van der Waals surface area contributed by atoms with E-state index in [0.717, 1.165) is 5.56 Å². The van der Waals surface area contributed by atoms with E-state index in [1.165, 1.54) is 0 Å². The Labute approximate surface area is 145 Å². The second-order valence-corrected chi connectivity index (χ2v) is 5.63. The molecule has 0 unspecified atom stereocenters. The highest BCUT2D eigenvalue weighted by Crippen LogP contribution is 2.14. The van der Waals surface area contributed by atoms with Gasteiger partial charge in [0, 0.05) is 29.1 Å². The molecule has 1 amide bonds. The number of carbonyl (C=O) groups excluding carboxylic acids is 2. The van der Waals surface area contributed by atoms with Crippen LogP contribution in [-0.2, 0) is 0 Å². The van der Waals surface area contributed by atoms with E-state index in [0.29, 0.717) is 16.7 Å². The van der Waals surface area contributed by atoms with E-state index in [9.17, 15) is 14.7 Å². The van der Waals surface area contributed by atoms with Crippen LogP contribution in [0.4, 0.5) is 0 Å². The Morgan fingerprint density at radius 2 is 1.60 bits per heavy atom. The molecular formula is C20H18N2O3. The lowest BCUT2D eigenvalue weighted by molar-refractivity contribution is 0.0915. The number of amides is 1. The zero-order chi connectivity index (χ0) is 17.6. The SMILES string of the molecule is O=C(N[C@H](CO)c1ccccc1)c1ccc(C(=O)c2cc[nH]c2)cc1. The molecule has 0 radical (unpaired) electrons. The van der Waals surface area contributed by atoms with Crippen LogP contribution in [0.15, 0.2) is 73.1 Å². The molecule has 0 saturated carbocycles. The molecule has 1 atom stereocenters. The lowest BCUT2D eigenvalue weighted by atomic mass is 10.0. The van der Waals surface area contributed by atoms with Gasteiger partial charge in [-0.3, -0.25) is 9.59 Å². The summed E-state index contributed by atoms with van der Waals surface area (Å²) in [6, 6.07) is 17.0. The summed E-state index contributed by atoms with van der Waals surface area (Å²) in [6.45, 7) is -0.195. The first kappa shape index (κ1) is 16.7. The number of hydrogen-bond acceptors (Lipinski definition) is 3. The second kappa shape index (κ2) is 7.59. The third-order valence-electron chi connectivity index (χ3n) is 3.96. The van der Waals surface area contributed by atoms with Crippen LogP contribution in [-0.4, -0.2) is 28.4 Å². The molecule has 1 heterocycles. The maximum Gasteiger partial charge on any atom is 0.251 e. The van der Waals surface area contributed by atoms with Gasteiger partial charge in [-0.15, -0.1) is 0 Å². The number of rotatable bonds is 6. The van der Waals surface area contributed by atoms with Gasteiger partial charge in [-0.1, -0.05) is 42.5 Å². The average molecular weight is 334 g/mol. The first-order chi connectivity index (χ1) is 12.2.